The molecule has 0 radical (unpaired) electrons. The minimum Gasteiger partial charge on any atom is -0.360 e. The van der Waals surface area contributed by atoms with Crippen LogP contribution in [0.5, 0.6) is 0 Å². The van der Waals surface area contributed by atoms with Gasteiger partial charge in [-0.3, -0.25) is 0 Å². The van der Waals surface area contributed by atoms with E-state index in [9.17, 15) is 0 Å². The number of nitrogens with zero attached hydrogens (tertiary/aromatic N) is 1. The summed E-state index contributed by atoms with van der Waals surface area (Å²) in [6.45, 7) is 9.21. The smallest absolute Gasteiger partial charge is 0.0791 e. The number of hydrogen-bond acceptors (Lipinski definition) is 2. The summed E-state index contributed by atoms with van der Waals surface area (Å²) in [4.78, 5) is 2.30. The second-order valence-electron chi connectivity index (χ2n) is 4.70. The summed E-state index contributed by atoms with van der Waals surface area (Å²) in [7, 11) is 0. The van der Waals surface area contributed by atoms with E-state index in [-0.39, 0.29) is 0 Å². The van der Waals surface area contributed by atoms with Gasteiger partial charge in [-0.2, -0.15) is 0 Å². The van der Waals surface area contributed by atoms with E-state index in [0.717, 1.165) is 25.9 Å². The summed E-state index contributed by atoms with van der Waals surface area (Å²) >= 11 is 0. The van der Waals surface area contributed by atoms with Gasteiger partial charge in [-0.1, -0.05) is 44.9 Å². The molecule has 0 saturated carbocycles. The third-order valence-electron chi connectivity index (χ3n) is 3.29. The Bertz CT molecular complexity index is 406. The van der Waals surface area contributed by atoms with Crippen molar-refractivity contribution in [2.45, 2.75) is 39.7 Å². The maximum atomic E-state index is 5.51. The number of nitrogens with one attached hydrogen (secondary N) is 1. The van der Waals surface area contributed by atoms with Crippen molar-refractivity contribution in [2.24, 2.45) is 0 Å². The van der Waals surface area contributed by atoms with Gasteiger partial charge in [0.05, 0.1) is 6.54 Å². The molecule has 104 valence electrons. The van der Waals surface area contributed by atoms with E-state index in [0.29, 0.717) is 12.6 Å². The van der Waals surface area contributed by atoms with Gasteiger partial charge >= 0.3 is 0 Å². The number of anilines is 1. The highest BCUT2D eigenvalue weighted by molar-refractivity contribution is 5.55. The van der Waals surface area contributed by atoms with Crippen molar-refractivity contribution < 1.29 is 0 Å². The van der Waals surface area contributed by atoms with Crippen molar-refractivity contribution in [3.63, 3.8) is 0 Å². The zero-order chi connectivity index (χ0) is 14.1. The van der Waals surface area contributed by atoms with Gasteiger partial charge in [0.15, 0.2) is 0 Å². The van der Waals surface area contributed by atoms with Crippen LogP contribution in [0.3, 0.4) is 0 Å². The predicted octanol–water partition coefficient (Wildman–Crippen LogP) is 3.60. The van der Waals surface area contributed by atoms with Crippen molar-refractivity contribution in [1.82, 2.24) is 5.32 Å². The molecule has 19 heavy (non-hydrogen) atoms. The molecule has 0 aliphatic carbocycles. The van der Waals surface area contributed by atoms with E-state index in [2.05, 4.69) is 61.2 Å². The molecule has 2 nitrogen and oxygen atoms in total. The predicted molar refractivity (Wildman–Crippen MR) is 84.5 cm³/mol. The van der Waals surface area contributed by atoms with E-state index in [1.165, 1.54) is 11.3 Å². The first-order valence-electron chi connectivity index (χ1n) is 7.29. The Morgan fingerprint density at radius 3 is 2.58 bits per heavy atom. The van der Waals surface area contributed by atoms with Crippen LogP contribution in [0.15, 0.2) is 24.3 Å². The molecule has 1 aromatic rings. The van der Waals surface area contributed by atoms with E-state index in [1.54, 1.807) is 0 Å². The average Bonchev–Trinajstić information content (AvgIpc) is 2.44. The number of rotatable bonds is 8. The molecule has 0 saturated heterocycles. The Morgan fingerprint density at radius 1 is 1.26 bits per heavy atom. The molecule has 0 fully saturated rings. The van der Waals surface area contributed by atoms with Gasteiger partial charge in [0, 0.05) is 18.3 Å². The van der Waals surface area contributed by atoms with Crippen LogP contribution in [0.1, 0.15) is 45.2 Å². The zero-order valence-corrected chi connectivity index (χ0v) is 12.4. The topological polar surface area (TPSA) is 15.3 Å². The molecule has 0 amide bonds. The minimum atomic E-state index is 0.401. The quantitative estimate of drug-likeness (QED) is 0.717. The molecule has 0 bridgehead atoms. The second-order valence-corrected chi connectivity index (χ2v) is 4.70. The first kappa shape index (κ1) is 15.6. The van der Waals surface area contributed by atoms with Gasteiger partial charge in [0.2, 0.25) is 0 Å². The van der Waals surface area contributed by atoms with Gasteiger partial charge in [-0.25, -0.2) is 0 Å². The standard InChI is InChI=1S/C17H26N2/c1-5-13-19(14-6-2)17-12-10-9-11-15(17)16(7-3)18-8-4/h1,9-12,16,18H,6-8,13-14H2,2-4H3. The third-order valence-corrected chi connectivity index (χ3v) is 3.29. The third kappa shape index (κ3) is 4.29. The largest absolute Gasteiger partial charge is 0.360 e. The van der Waals surface area contributed by atoms with Gasteiger partial charge < -0.3 is 10.2 Å². The second kappa shape index (κ2) is 8.61. The number of benzene rings is 1. The Balaban J connectivity index is 3.08. The van der Waals surface area contributed by atoms with Gasteiger partial charge in [-0.05, 0) is 31.0 Å². The van der Waals surface area contributed by atoms with Crippen molar-refractivity contribution in [3.05, 3.63) is 29.8 Å². The fourth-order valence-corrected chi connectivity index (χ4v) is 2.46. The van der Waals surface area contributed by atoms with Crippen LogP contribution >= 0.6 is 0 Å². The lowest BCUT2D eigenvalue weighted by Crippen LogP contribution is -2.28. The molecule has 0 heterocycles. The van der Waals surface area contributed by atoms with Crippen molar-refractivity contribution in [3.8, 4) is 12.3 Å². The van der Waals surface area contributed by atoms with Gasteiger partial charge in [0.1, 0.15) is 0 Å². The number of para-hydroxylation sites is 1. The highest BCUT2D eigenvalue weighted by Gasteiger charge is 2.15. The SMILES string of the molecule is C#CCN(CCC)c1ccccc1C(CC)NCC. The van der Waals surface area contributed by atoms with Crippen LogP contribution in [0.4, 0.5) is 5.69 Å². The summed E-state index contributed by atoms with van der Waals surface area (Å²) in [6, 6.07) is 9.00. The van der Waals surface area contributed by atoms with E-state index < -0.39 is 0 Å². The molecule has 1 N–H and O–H groups in total. The van der Waals surface area contributed by atoms with Crippen molar-refractivity contribution in [1.29, 1.82) is 0 Å². The molecule has 0 spiro atoms. The number of hydrogen-bond donors (Lipinski definition) is 1. The fraction of sp³-hybridized carbons (Fsp3) is 0.529. The van der Waals surface area contributed by atoms with Crippen LogP contribution < -0.4 is 10.2 Å². The van der Waals surface area contributed by atoms with E-state index >= 15 is 0 Å². The van der Waals surface area contributed by atoms with Gasteiger partial charge in [0.25, 0.3) is 0 Å². The first-order chi connectivity index (χ1) is 9.28. The number of terminal acetylenes is 1. The normalized spacial score (nSPS) is 11.9. The lowest BCUT2D eigenvalue weighted by Gasteiger charge is -2.28. The molecule has 1 aromatic carbocycles. The molecule has 1 rings (SSSR count). The highest BCUT2D eigenvalue weighted by atomic mass is 15.1. The molecular formula is C17H26N2. The summed E-state index contributed by atoms with van der Waals surface area (Å²) in [5.74, 6) is 2.77. The average molecular weight is 258 g/mol. The molecule has 2 heteroatoms. The maximum Gasteiger partial charge on any atom is 0.0791 e. The first-order valence-corrected chi connectivity index (χ1v) is 7.29. The summed E-state index contributed by atoms with van der Waals surface area (Å²) in [6.07, 6.45) is 7.70. The Labute approximate surface area is 118 Å². The molecular weight excluding hydrogens is 232 g/mol. The summed E-state index contributed by atoms with van der Waals surface area (Å²) in [5.41, 5.74) is 2.63. The molecule has 0 aliphatic heterocycles. The minimum absolute atomic E-state index is 0.401. The van der Waals surface area contributed by atoms with Crippen LogP contribution in [0, 0.1) is 12.3 Å². The Morgan fingerprint density at radius 2 is 2.00 bits per heavy atom. The lowest BCUT2D eigenvalue weighted by molar-refractivity contribution is 0.536. The summed E-state index contributed by atoms with van der Waals surface area (Å²) in [5, 5.41) is 3.55. The Hall–Kier alpha value is -1.46. The van der Waals surface area contributed by atoms with Crippen LogP contribution in [0.2, 0.25) is 0 Å². The van der Waals surface area contributed by atoms with Crippen LogP contribution in [0.25, 0.3) is 0 Å². The highest BCUT2D eigenvalue weighted by Crippen LogP contribution is 2.28. The van der Waals surface area contributed by atoms with Crippen molar-refractivity contribution >= 4 is 5.69 Å². The summed E-state index contributed by atoms with van der Waals surface area (Å²) < 4.78 is 0. The van der Waals surface area contributed by atoms with Crippen LogP contribution in [-0.2, 0) is 0 Å². The monoisotopic (exact) mass is 258 g/mol. The van der Waals surface area contributed by atoms with E-state index in [4.69, 9.17) is 6.42 Å². The van der Waals surface area contributed by atoms with Gasteiger partial charge in [-0.15, -0.1) is 6.42 Å². The molecule has 1 atom stereocenters. The fourth-order valence-electron chi connectivity index (χ4n) is 2.46. The van der Waals surface area contributed by atoms with Crippen LogP contribution in [-0.4, -0.2) is 19.6 Å². The molecule has 1 unspecified atom stereocenters. The van der Waals surface area contributed by atoms with E-state index in [1.807, 2.05) is 0 Å². The lowest BCUT2D eigenvalue weighted by atomic mass is 10.0. The molecule has 0 aliphatic rings. The zero-order valence-electron chi connectivity index (χ0n) is 12.4. The molecule has 0 aromatic heterocycles. The maximum absolute atomic E-state index is 5.51. The Kier molecular flexibility index (Phi) is 7.07. The van der Waals surface area contributed by atoms with Crippen molar-refractivity contribution in [2.75, 3.05) is 24.5 Å².